The average molecular weight is 494 g/mol. The lowest BCUT2D eigenvalue weighted by Gasteiger charge is -2.33. The molecule has 3 rings (SSSR count). The Kier molecular flexibility index (Phi) is 7.71. The summed E-state index contributed by atoms with van der Waals surface area (Å²) in [5, 5.41) is 5.14. The zero-order valence-electron chi connectivity index (χ0n) is 20.7. The number of ether oxygens (including phenoxy) is 2. The Labute approximate surface area is 203 Å². The van der Waals surface area contributed by atoms with Crippen molar-refractivity contribution in [1.29, 1.82) is 0 Å². The summed E-state index contributed by atoms with van der Waals surface area (Å²) < 4.78 is 25.8. The number of hydrogen-bond acceptors (Lipinski definition) is 7. The Balaban J connectivity index is 1.72. The van der Waals surface area contributed by atoms with Crippen LogP contribution < -0.4 is 15.1 Å². The minimum Gasteiger partial charge on any atom is -0.442 e. The molecule has 12 heteroatoms. The molecule has 0 saturated carbocycles. The summed E-state index contributed by atoms with van der Waals surface area (Å²) >= 11 is 0. The second-order valence-electron chi connectivity index (χ2n) is 9.42. The van der Waals surface area contributed by atoms with Gasteiger partial charge in [0, 0.05) is 26.9 Å². The van der Waals surface area contributed by atoms with Gasteiger partial charge in [0.1, 0.15) is 17.5 Å². The van der Waals surface area contributed by atoms with Gasteiger partial charge in [0.05, 0.1) is 37.6 Å². The van der Waals surface area contributed by atoms with Crippen LogP contribution in [-0.2, 0) is 19.1 Å². The van der Waals surface area contributed by atoms with Gasteiger partial charge in [-0.05, 0) is 39.0 Å². The minimum absolute atomic E-state index is 0.124. The van der Waals surface area contributed by atoms with Crippen LogP contribution in [0.1, 0.15) is 34.6 Å². The summed E-state index contributed by atoms with van der Waals surface area (Å²) in [5.74, 6) is -1.11. The zero-order valence-corrected chi connectivity index (χ0v) is 20.7. The van der Waals surface area contributed by atoms with E-state index in [1.807, 2.05) is 0 Å². The van der Waals surface area contributed by atoms with Gasteiger partial charge in [0.25, 0.3) is 0 Å². The molecular weight excluding hydrogens is 461 g/mol. The highest BCUT2D eigenvalue weighted by molar-refractivity contribution is 5.90. The molecule has 2 aliphatic rings. The highest BCUT2D eigenvalue weighted by atomic mass is 19.1. The van der Waals surface area contributed by atoms with Gasteiger partial charge in [0.15, 0.2) is 0 Å². The summed E-state index contributed by atoms with van der Waals surface area (Å²) in [6.07, 6.45) is -1.80. The maximum atomic E-state index is 15.2. The van der Waals surface area contributed by atoms with Crippen LogP contribution in [0.15, 0.2) is 18.2 Å². The predicted molar refractivity (Wildman–Crippen MR) is 125 cm³/mol. The Hall–Kier alpha value is -3.57. The molecule has 1 aromatic carbocycles. The van der Waals surface area contributed by atoms with Crippen LogP contribution in [-0.4, -0.2) is 85.0 Å². The van der Waals surface area contributed by atoms with Gasteiger partial charge in [-0.15, -0.1) is 0 Å². The number of carbonyl (C=O) groups excluding carboxylic acids is 4. The molecule has 192 valence electrons. The van der Waals surface area contributed by atoms with Crippen molar-refractivity contribution >= 4 is 35.4 Å². The maximum Gasteiger partial charge on any atom is 0.429 e. The highest BCUT2D eigenvalue weighted by Gasteiger charge is 2.34. The number of nitrogens with zero attached hydrogens (tertiary/aromatic N) is 4. The topological polar surface area (TPSA) is 112 Å². The molecule has 35 heavy (non-hydrogen) atoms. The van der Waals surface area contributed by atoms with Gasteiger partial charge >= 0.3 is 12.2 Å². The third kappa shape index (κ3) is 6.52. The van der Waals surface area contributed by atoms with E-state index in [0.29, 0.717) is 12.2 Å². The molecule has 2 fully saturated rings. The molecule has 2 aliphatic heterocycles. The van der Waals surface area contributed by atoms with Crippen molar-refractivity contribution in [2.45, 2.75) is 46.3 Å². The lowest BCUT2D eigenvalue weighted by molar-refractivity contribution is -0.144. The van der Waals surface area contributed by atoms with Crippen molar-refractivity contribution in [2.75, 3.05) is 49.1 Å². The summed E-state index contributed by atoms with van der Waals surface area (Å²) in [7, 11) is 0. The number of amides is 4. The fourth-order valence-corrected chi connectivity index (χ4v) is 3.87. The number of hydrogen-bond donors (Lipinski definition) is 1. The van der Waals surface area contributed by atoms with Crippen molar-refractivity contribution in [1.82, 2.24) is 15.3 Å². The van der Waals surface area contributed by atoms with Gasteiger partial charge < -0.3 is 19.7 Å². The van der Waals surface area contributed by atoms with Crippen LogP contribution in [0.5, 0.6) is 0 Å². The number of halogens is 1. The molecule has 0 bridgehead atoms. The maximum absolute atomic E-state index is 15.2. The molecule has 1 atom stereocenters. The van der Waals surface area contributed by atoms with Gasteiger partial charge in [0.2, 0.25) is 11.8 Å². The first-order valence-corrected chi connectivity index (χ1v) is 11.4. The summed E-state index contributed by atoms with van der Waals surface area (Å²) in [5.41, 5.74) is -0.117. The van der Waals surface area contributed by atoms with Crippen LogP contribution in [0.2, 0.25) is 0 Å². The van der Waals surface area contributed by atoms with Crippen molar-refractivity contribution in [3.05, 3.63) is 24.0 Å². The number of nitrogens with one attached hydrogen (secondary N) is 1. The molecule has 0 aliphatic carbocycles. The van der Waals surface area contributed by atoms with E-state index in [4.69, 9.17) is 9.47 Å². The lowest BCUT2D eigenvalue weighted by Crippen LogP contribution is -2.51. The number of anilines is 2. The van der Waals surface area contributed by atoms with Gasteiger partial charge in [-0.1, -0.05) is 0 Å². The fourth-order valence-electron chi connectivity index (χ4n) is 3.87. The molecule has 2 saturated heterocycles. The number of rotatable bonds is 4. The molecule has 1 aromatic rings. The van der Waals surface area contributed by atoms with Crippen molar-refractivity contribution in [3.8, 4) is 0 Å². The van der Waals surface area contributed by atoms with Crippen molar-refractivity contribution in [3.63, 3.8) is 0 Å². The summed E-state index contributed by atoms with van der Waals surface area (Å²) in [6, 6.07) is 4.41. The van der Waals surface area contributed by atoms with E-state index in [-0.39, 0.29) is 50.2 Å². The molecular formula is C23H32FN5O6. The first-order valence-electron chi connectivity index (χ1n) is 11.4. The van der Waals surface area contributed by atoms with Crippen LogP contribution in [0.3, 0.4) is 0 Å². The van der Waals surface area contributed by atoms with E-state index < -0.39 is 29.7 Å². The van der Waals surface area contributed by atoms with Crippen molar-refractivity contribution < 1.29 is 33.0 Å². The van der Waals surface area contributed by atoms with Crippen LogP contribution in [0, 0.1) is 5.82 Å². The van der Waals surface area contributed by atoms with Gasteiger partial charge in [-0.2, -0.15) is 0 Å². The number of cyclic esters (lactones) is 1. The van der Waals surface area contributed by atoms with E-state index in [1.54, 1.807) is 37.8 Å². The molecule has 11 nitrogen and oxygen atoms in total. The molecule has 2 heterocycles. The minimum atomic E-state index is -0.731. The number of carbonyl (C=O) groups is 4. The van der Waals surface area contributed by atoms with Crippen molar-refractivity contribution in [2.24, 2.45) is 0 Å². The Morgan fingerprint density at radius 2 is 1.77 bits per heavy atom. The largest absolute Gasteiger partial charge is 0.442 e. The molecule has 4 amide bonds. The third-order valence-corrected chi connectivity index (χ3v) is 5.46. The first-order chi connectivity index (χ1) is 16.4. The van der Waals surface area contributed by atoms with Crippen LogP contribution in [0.4, 0.5) is 25.4 Å². The van der Waals surface area contributed by atoms with E-state index in [2.05, 4.69) is 5.32 Å². The quantitative estimate of drug-likeness (QED) is 0.684. The van der Waals surface area contributed by atoms with E-state index in [0.717, 1.165) is 0 Å². The van der Waals surface area contributed by atoms with E-state index in [1.165, 1.54) is 34.8 Å². The summed E-state index contributed by atoms with van der Waals surface area (Å²) in [4.78, 5) is 51.2. The standard InChI is InChI=1S/C23H32FN5O6/c1-15(30)25-13-18-14-27(21(32)34-18)17-6-7-20(19(24)12-17)26-8-10-28(16(2)31)29(11-9-26)22(33)35-23(3,4)5/h6-7,12,18H,8-11,13-14H2,1-5H3,(H,25,30)/t18-/m0/s1. The molecule has 1 N–H and O–H groups in total. The number of benzene rings is 1. The normalized spacial score (nSPS) is 18.8. The van der Waals surface area contributed by atoms with Crippen LogP contribution >= 0.6 is 0 Å². The SMILES string of the molecule is CC(=O)NC[C@H]1CN(c2ccc(N3CCN(C(C)=O)N(C(=O)OC(C)(C)C)CC3)c(F)c2)C(=O)O1. The number of hydrazine groups is 1. The second kappa shape index (κ2) is 10.4. The molecule has 0 radical (unpaired) electrons. The van der Waals surface area contributed by atoms with E-state index >= 15 is 4.39 Å². The smallest absolute Gasteiger partial charge is 0.429 e. The van der Waals surface area contributed by atoms with E-state index in [9.17, 15) is 19.2 Å². The Bertz CT molecular complexity index is 997. The average Bonchev–Trinajstić information content (AvgIpc) is 2.97. The second-order valence-corrected chi connectivity index (χ2v) is 9.42. The monoisotopic (exact) mass is 493 g/mol. The predicted octanol–water partition coefficient (Wildman–Crippen LogP) is 2.11. The van der Waals surface area contributed by atoms with Crippen LogP contribution in [0.25, 0.3) is 0 Å². The molecule has 0 aromatic heterocycles. The highest BCUT2D eigenvalue weighted by Crippen LogP contribution is 2.28. The zero-order chi connectivity index (χ0) is 25.9. The Morgan fingerprint density at radius 3 is 2.34 bits per heavy atom. The fraction of sp³-hybridized carbons (Fsp3) is 0.565. The summed E-state index contributed by atoms with van der Waals surface area (Å²) in [6.45, 7) is 9.14. The molecule has 0 unspecified atom stereocenters. The third-order valence-electron chi connectivity index (χ3n) is 5.46. The lowest BCUT2D eigenvalue weighted by atomic mass is 10.2. The molecule has 0 spiro atoms. The first kappa shape index (κ1) is 26.0. The Morgan fingerprint density at radius 1 is 1.11 bits per heavy atom. The van der Waals surface area contributed by atoms with Gasteiger partial charge in [-0.3, -0.25) is 14.5 Å². The van der Waals surface area contributed by atoms with Gasteiger partial charge in [-0.25, -0.2) is 24.0 Å².